The van der Waals surface area contributed by atoms with Gasteiger partial charge in [0, 0.05) is 18.7 Å². The van der Waals surface area contributed by atoms with Gasteiger partial charge < -0.3 is 0 Å². The summed E-state index contributed by atoms with van der Waals surface area (Å²) in [6, 6.07) is 0. The molecule has 70 valence electrons. The highest BCUT2D eigenvalue weighted by Crippen LogP contribution is 2.25. The van der Waals surface area contributed by atoms with E-state index in [-0.39, 0.29) is 5.92 Å². The van der Waals surface area contributed by atoms with Gasteiger partial charge in [-0.25, -0.2) is 0 Å². The number of nitrogens with zero attached hydrogens (tertiary/aromatic N) is 2. The van der Waals surface area contributed by atoms with E-state index in [1.165, 1.54) is 11.3 Å². The maximum Gasteiger partial charge on any atom is 0.133 e. The van der Waals surface area contributed by atoms with Gasteiger partial charge in [-0.2, -0.15) is 5.10 Å². The van der Waals surface area contributed by atoms with Crippen molar-refractivity contribution in [2.45, 2.75) is 26.2 Å². The molecule has 0 bridgehead atoms. The first-order chi connectivity index (χ1) is 6.18. The summed E-state index contributed by atoms with van der Waals surface area (Å²) < 4.78 is 1.89. The molecule has 1 aromatic heterocycles. The van der Waals surface area contributed by atoms with Crippen LogP contribution in [0.1, 0.15) is 24.6 Å². The van der Waals surface area contributed by atoms with Crippen molar-refractivity contribution < 1.29 is 4.79 Å². The lowest BCUT2D eigenvalue weighted by molar-refractivity contribution is -0.121. The number of carbonyl (C=O) groups is 1. The highest BCUT2D eigenvalue weighted by atomic mass is 16.1. The number of aryl methyl sites for hydroxylation is 2. The summed E-state index contributed by atoms with van der Waals surface area (Å²) >= 11 is 0. The van der Waals surface area contributed by atoms with Crippen molar-refractivity contribution in [3.05, 3.63) is 17.5 Å². The zero-order chi connectivity index (χ0) is 9.42. The molecule has 2 rings (SSSR count). The molecule has 1 aliphatic rings. The lowest BCUT2D eigenvalue weighted by atomic mass is 9.86. The minimum absolute atomic E-state index is 0.225. The topological polar surface area (TPSA) is 34.9 Å². The fraction of sp³-hybridized carbons (Fsp3) is 0.600. The second kappa shape index (κ2) is 2.98. The molecule has 0 fully saturated rings. The van der Waals surface area contributed by atoms with Gasteiger partial charge in [-0.3, -0.25) is 9.48 Å². The first-order valence-electron chi connectivity index (χ1n) is 4.68. The molecule has 0 saturated heterocycles. The Labute approximate surface area is 77.7 Å². The highest BCUT2D eigenvalue weighted by molar-refractivity contribution is 5.78. The van der Waals surface area contributed by atoms with Crippen LogP contribution in [-0.4, -0.2) is 15.6 Å². The average Bonchev–Trinajstić information content (AvgIpc) is 2.47. The summed E-state index contributed by atoms with van der Waals surface area (Å²) in [5, 5.41) is 4.20. The van der Waals surface area contributed by atoms with Gasteiger partial charge in [0.2, 0.25) is 0 Å². The number of ketones is 1. The number of carbonyl (C=O) groups excluding carboxylic acids is 1. The molecule has 0 amide bonds. The molecule has 3 nitrogen and oxygen atoms in total. The van der Waals surface area contributed by atoms with Gasteiger partial charge in [-0.05, 0) is 31.7 Å². The molecule has 0 saturated carbocycles. The first-order valence-corrected chi connectivity index (χ1v) is 4.68. The van der Waals surface area contributed by atoms with Gasteiger partial charge in [0.05, 0.1) is 6.20 Å². The fourth-order valence-electron chi connectivity index (χ4n) is 1.99. The van der Waals surface area contributed by atoms with Gasteiger partial charge in [0.1, 0.15) is 5.78 Å². The second-order valence-electron chi connectivity index (χ2n) is 3.79. The lowest BCUT2D eigenvalue weighted by Gasteiger charge is -2.19. The Kier molecular flexibility index (Phi) is 1.94. The molecule has 1 heterocycles. The Morgan fingerprint density at radius 1 is 1.69 bits per heavy atom. The van der Waals surface area contributed by atoms with Crippen molar-refractivity contribution in [3.63, 3.8) is 0 Å². The summed E-state index contributed by atoms with van der Waals surface area (Å²) in [5.74, 6) is 0.537. The van der Waals surface area contributed by atoms with Crippen LogP contribution >= 0.6 is 0 Å². The SMILES string of the molecule is CC(=O)[C@H]1CCc2cnn(C)c2C1. The second-order valence-corrected chi connectivity index (χ2v) is 3.79. The number of hydrogen-bond donors (Lipinski definition) is 0. The third-order valence-electron chi connectivity index (χ3n) is 2.92. The summed E-state index contributed by atoms with van der Waals surface area (Å²) in [6.45, 7) is 1.69. The lowest BCUT2D eigenvalue weighted by Crippen LogP contribution is -2.21. The molecule has 0 aromatic carbocycles. The van der Waals surface area contributed by atoms with Gasteiger partial charge in [-0.1, -0.05) is 0 Å². The minimum Gasteiger partial charge on any atom is -0.300 e. The van der Waals surface area contributed by atoms with Crippen molar-refractivity contribution in [2.75, 3.05) is 0 Å². The van der Waals surface area contributed by atoms with Crippen molar-refractivity contribution in [1.82, 2.24) is 9.78 Å². The Morgan fingerprint density at radius 2 is 2.46 bits per heavy atom. The monoisotopic (exact) mass is 178 g/mol. The van der Waals surface area contributed by atoms with E-state index in [0.717, 1.165) is 19.3 Å². The predicted molar refractivity (Wildman–Crippen MR) is 49.4 cm³/mol. The quantitative estimate of drug-likeness (QED) is 0.645. The molecule has 0 aliphatic heterocycles. The van der Waals surface area contributed by atoms with Crippen LogP contribution in [-0.2, 0) is 24.7 Å². The van der Waals surface area contributed by atoms with Gasteiger partial charge in [-0.15, -0.1) is 0 Å². The largest absolute Gasteiger partial charge is 0.300 e. The Hall–Kier alpha value is -1.12. The zero-order valence-electron chi connectivity index (χ0n) is 8.08. The van der Waals surface area contributed by atoms with Crippen molar-refractivity contribution in [2.24, 2.45) is 13.0 Å². The van der Waals surface area contributed by atoms with Crippen LogP contribution in [0.4, 0.5) is 0 Å². The molecule has 0 N–H and O–H groups in total. The van der Waals surface area contributed by atoms with Crippen LogP contribution in [0.3, 0.4) is 0 Å². The van der Waals surface area contributed by atoms with E-state index in [9.17, 15) is 4.79 Å². The van der Waals surface area contributed by atoms with E-state index >= 15 is 0 Å². The number of fused-ring (bicyclic) bond motifs is 1. The van der Waals surface area contributed by atoms with Crippen molar-refractivity contribution in [1.29, 1.82) is 0 Å². The first kappa shape index (κ1) is 8.48. The van der Waals surface area contributed by atoms with E-state index in [0.29, 0.717) is 5.78 Å². The Bertz CT molecular complexity index is 341. The third kappa shape index (κ3) is 1.39. The molecular weight excluding hydrogens is 164 g/mol. The Balaban J connectivity index is 2.27. The summed E-state index contributed by atoms with van der Waals surface area (Å²) in [7, 11) is 1.95. The normalized spacial score (nSPS) is 21.2. The molecule has 1 aromatic rings. The number of hydrogen-bond acceptors (Lipinski definition) is 2. The molecule has 13 heavy (non-hydrogen) atoms. The Morgan fingerprint density at radius 3 is 3.15 bits per heavy atom. The summed E-state index contributed by atoms with van der Waals surface area (Å²) in [4.78, 5) is 11.2. The molecule has 0 unspecified atom stereocenters. The van der Waals surface area contributed by atoms with Gasteiger partial charge in [0.15, 0.2) is 0 Å². The number of Topliss-reactive ketones (excluding diaryl/α,β-unsaturated/α-hetero) is 1. The van der Waals surface area contributed by atoms with Gasteiger partial charge >= 0.3 is 0 Å². The van der Waals surface area contributed by atoms with Crippen LogP contribution in [0.5, 0.6) is 0 Å². The number of rotatable bonds is 1. The fourth-order valence-corrected chi connectivity index (χ4v) is 1.99. The van der Waals surface area contributed by atoms with E-state index in [2.05, 4.69) is 5.10 Å². The summed E-state index contributed by atoms with van der Waals surface area (Å²) in [5.41, 5.74) is 2.56. The molecule has 0 spiro atoms. The van der Waals surface area contributed by atoms with Crippen molar-refractivity contribution >= 4 is 5.78 Å². The maximum absolute atomic E-state index is 11.2. The highest BCUT2D eigenvalue weighted by Gasteiger charge is 2.24. The maximum atomic E-state index is 11.2. The van der Waals surface area contributed by atoms with E-state index in [1.807, 2.05) is 17.9 Å². The minimum atomic E-state index is 0.225. The molecule has 0 radical (unpaired) electrons. The predicted octanol–water partition coefficient (Wildman–Crippen LogP) is 1.11. The third-order valence-corrected chi connectivity index (χ3v) is 2.92. The zero-order valence-corrected chi connectivity index (χ0v) is 8.08. The van der Waals surface area contributed by atoms with Crippen LogP contribution < -0.4 is 0 Å². The van der Waals surface area contributed by atoms with Crippen LogP contribution in [0.25, 0.3) is 0 Å². The standard InChI is InChI=1S/C10H14N2O/c1-7(13)8-3-4-9-6-11-12(2)10(9)5-8/h6,8H,3-5H2,1-2H3/t8-/m0/s1. The van der Waals surface area contributed by atoms with E-state index in [1.54, 1.807) is 6.92 Å². The van der Waals surface area contributed by atoms with Crippen LogP contribution in [0.2, 0.25) is 0 Å². The average molecular weight is 178 g/mol. The molecule has 1 atom stereocenters. The molecular formula is C10H14N2O. The van der Waals surface area contributed by atoms with Gasteiger partial charge in [0.25, 0.3) is 0 Å². The number of aromatic nitrogens is 2. The summed E-state index contributed by atoms with van der Waals surface area (Å²) in [6.07, 6.45) is 4.80. The van der Waals surface area contributed by atoms with Crippen LogP contribution in [0, 0.1) is 5.92 Å². The molecule has 3 heteroatoms. The smallest absolute Gasteiger partial charge is 0.133 e. The molecule has 1 aliphatic carbocycles. The van der Waals surface area contributed by atoms with E-state index in [4.69, 9.17) is 0 Å². The van der Waals surface area contributed by atoms with Crippen LogP contribution in [0.15, 0.2) is 6.20 Å². The van der Waals surface area contributed by atoms with E-state index < -0.39 is 0 Å². The van der Waals surface area contributed by atoms with Crippen molar-refractivity contribution in [3.8, 4) is 0 Å².